The molecule has 1 aromatic carbocycles. The van der Waals surface area contributed by atoms with Crippen LogP contribution in [0.15, 0.2) is 18.2 Å². The Hall–Kier alpha value is -1.00. The Morgan fingerprint density at radius 3 is 2.65 bits per heavy atom. The van der Waals surface area contributed by atoms with Gasteiger partial charge in [0.2, 0.25) is 0 Å². The molecule has 1 saturated carbocycles. The highest BCUT2D eigenvalue weighted by atomic mass is 19.2. The number of rotatable bonds is 5. The normalized spacial score (nSPS) is 19.1. The Labute approximate surface area is 99.7 Å². The molecule has 0 aromatic heterocycles. The number of hydrogen-bond acceptors (Lipinski definition) is 2. The van der Waals surface area contributed by atoms with Crippen molar-refractivity contribution in [2.24, 2.45) is 5.92 Å². The minimum absolute atomic E-state index is 0.0986. The predicted octanol–water partition coefficient (Wildman–Crippen LogP) is 2.39. The summed E-state index contributed by atoms with van der Waals surface area (Å²) in [6, 6.07) is 3.77. The summed E-state index contributed by atoms with van der Waals surface area (Å²) < 4.78 is 25.8. The second-order valence-electron chi connectivity index (χ2n) is 4.71. The van der Waals surface area contributed by atoms with Crippen molar-refractivity contribution >= 4 is 0 Å². The smallest absolute Gasteiger partial charge is 0.159 e. The predicted molar refractivity (Wildman–Crippen MR) is 61.5 cm³/mol. The zero-order valence-corrected chi connectivity index (χ0v) is 9.79. The van der Waals surface area contributed by atoms with E-state index in [0.29, 0.717) is 18.0 Å². The van der Waals surface area contributed by atoms with Crippen molar-refractivity contribution in [3.8, 4) is 0 Å². The van der Waals surface area contributed by atoms with Crippen molar-refractivity contribution < 1.29 is 13.9 Å². The summed E-state index contributed by atoms with van der Waals surface area (Å²) in [5.41, 5.74) is 0.687. The van der Waals surface area contributed by atoms with E-state index in [4.69, 9.17) is 0 Å². The van der Waals surface area contributed by atoms with Crippen LogP contribution < -0.4 is 5.32 Å². The molecule has 0 heterocycles. The van der Waals surface area contributed by atoms with Crippen LogP contribution in [0.1, 0.15) is 31.4 Å². The molecule has 0 saturated heterocycles. The molecular weight excluding hydrogens is 224 g/mol. The van der Waals surface area contributed by atoms with Crippen LogP contribution in [0.5, 0.6) is 0 Å². The van der Waals surface area contributed by atoms with Crippen LogP contribution in [0.2, 0.25) is 0 Å². The first-order valence-electron chi connectivity index (χ1n) is 5.94. The molecule has 1 aromatic rings. The highest BCUT2D eigenvalue weighted by molar-refractivity contribution is 5.20. The Morgan fingerprint density at radius 2 is 2.06 bits per heavy atom. The van der Waals surface area contributed by atoms with Gasteiger partial charge in [0.05, 0.1) is 6.10 Å². The summed E-state index contributed by atoms with van der Waals surface area (Å²) in [6.45, 7) is 2.36. The van der Waals surface area contributed by atoms with E-state index in [0.717, 1.165) is 18.9 Å². The molecule has 2 N–H and O–H groups in total. The van der Waals surface area contributed by atoms with E-state index >= 15 is 0 Å². The van der Waals surface area contributed by atoms with Gasteiger partial charge in [0, 0.05) is 12.6 Å². The lowest BCUT2D eigenvalue weighted by atomic mass is 10.1. The van der Waals surface area contributed by atoms with Gasteiger partial charge in [-0.1, -0.05) is 6.07 Å². The summed E-state index contributed by atoms with van der Waals surface area (Å²) in [4.78, 5) is 0. The Morgan fingerprint density at radius 1 is 1.35 bits per heavy atom. The summed E-state index contributed by atoms with van der Waals surface area (Å²) in [5.74, 6) is -1.25. The standard InChI is InChI=1S/C13H17F2NO/c1-8(16-7-13(17)9-2-3-9)10-4-5-11(14)12(15)6-10/h4-6,8-9,13,16-17H,2-3,7H2,1H3. The third kappa shape index (κ3) is 3.23. The molecule has 94 valence electrons. The number of aliphatic hydroxyl groups excluding tert-OH is 1. The molecule has 0 bridgehead atoms. The lowest BCUT2D eigenvalue weighted by Gasteiger charge is -2.17. The molecular formula is C13H17F2NO. The van der Waals surface area contributed by atoms with Gasteiger partial charge in [0.15, 0.2) is 11.6 Å². The maximum Gasteiger partial charge on any atom is 0.159 e. The van der Waals surface area contributed by atoms with Gasteiger partial charge >= 0.3 is 0 Å². The third-order valence-corrected chi connectivity index (χ3v) is 3.24. The van der Waals surface area contributed by atoms with Crippen LogP contribution in [0.3, 0.4) is 0 Å². The maximum absolute atomic E-state index is 13.0. The first-order valence-corrected chi connectivity index (χ1v) is 5.94. The van der Waals surface area contributed by atoms with E-state index < -0.39 is 11.6 Å². The highest BCUT2D eigenvalue weighted by Gasteiger charge is 2.29. The summed E-state index contributed by atoms with van der Waals surface area (Å²) in [5, 5.41) is 12.8. The van der Waals surface area contributed by atoms with Crippen LogP contribution in [-0.2, 0) is 0 Å². The van der Waals surface area contributed by atoms with Gasteiger partial charge in [-0.2, -0.15) is 0 Å². The van der Waals surface area contributed by atoms with Gasteiger partial charge in [-0.05, 0) is 43.4 Å². The minimum Gasteiger partial charge on any atom is -0.392 e. The molecule has 0 amide bonds. The number of benzene rings is 1. The maximum atomic E-state index is 13.0. The van der Waals surface area contributed by atoms with E-state index in [1.807, 2.05) is 6.92 Å². The quantitative estimate of drug-likeness (QED) is 0.829. The Kier molecular flexibility index (Phi) is 3.74. The third-order valence-electron chi connectivity index (χ3n) is 3.24. The molecule has 1 fully saturated rings. The van der Waals surface area contributed by atoms with Gasteiger partial charge in [-0.15, -0.1) is 0 Å². The van der Waals surface area contributed by atoms with E-state index in [-0.39, 0.29) is 12.1 Å². The van der Waals surface area contributed by atoms with Crippen LogP contribution in [-0.4, -0.2) is 17.8 Å². The molecule has 17 heavy (non-hydrogen) atoms. The molecule has 4 heteroatoms. The summed E-state index contributed by atoms with van der Waals surface area (Å²) >= 11 is 0. The lowest BCUT2D eigenvalue weighted by Crippen LogP contribution is -2.30. The Bertz CT molecular complexity index is 393. The number of aliphatic hydroxyl groups is 1. The van der Waals surface area contributed by atoms with Crippen molar-refractivity contribution in [3.63, 3.8) is 0 Å². The number of hydrogen-bond donors (Lipinski definition) is 2. The molecule has 0 aliphatic heterocycles. The lowest BCUT2D eigenvalue weighted by molar-refractivity contribution is 0.145. The van der Waals surface area contributed by atoms with Gasteiger partial charge in [0.1, 0.15) is 0 Å². The first kappa shape index (κ1) is 12.5. The topological polar surface area (TPSA) is 32.3 Å². The monoisotopic (exact) mass is 241 g/mol. The fourth-order valence-electron chi connectivity index (χ4n) is 1.84. The van der Waals surface area contributed by atoms with E-state index in [9.17, 15) is 13.9 Å². The van der Waals surface area contributed by atoms with Crippen molar-refractivity contribution in [1.82, 2.24) is 5.32 Å². The molecule has 2 atom stereocenters. The largest absolute Gasteiger partial charge is 0.392 e. The fourth-order valence-corrected chi connectivity index (χ4v) is 1.84. The fraction of sp³-hybridized carbons (Fsp3) is 0.538. The average Bonchev–Trinajstić information content (AvgIpc) is 3.13. The van der Waals surface area contributed by atoms with Crippen molar-refractivity contribution in [2.75, 3.05) is 6.54 Å². The average molecular weight is 241 g/mol. The molecule has 0 radical (unpaired) electrons. The molecule has 2 rings (SSSR count). The zero-order valence-electron chi connectivity index (χ0n) is 9.79. The SMILES string of the molecule is CC(NCC(O)C1CC1)c1ccc(F)c(F)c1. The van der Waals surface area contributed by atoms with Gasteiger partial charge < -0.3 is 10.4 Å². The molecule has 0 spiro atoms. The van der Waals surface area contributed by atoms with Crippen LogP contribution in [0.25, 0.3) is 0 Å². The molecule has 2 nitrogen and oxygen atoms in total. The van der Waals surface area contributed by atoms with Gasteiger partial charge in [-0.3, -0.25) is 0 Å². The highest BCUT2D eigenvalue weighted by Crippen LogP contribution is 2.32. The first-order chi connectivity index (χ1) is 8.08. The summed E-state index contributed by atoms with van der Waals surface area (Å²) in [6.07, 6.45) is 1.84. The number of halogens is 2. The van der Waals surface area contributed by atoms with Crippen LogP contribution >= 0.6 is 0 Å². The molecule has 1 aliphatic carbocycles. The summed E-state index contributed by atoms with van der Waals surface area (Å²) in [7, 11) is 0. The van der Waals surface area contributed by atoms with E-state index in [1.165, 1.54) is 6.07 Å². The second-order valence-corrected chi connectivity index (χ2v) is 4.71. The number of nitrogens with one attached hydrogen (secondary N) is 1. The van der Waals surface area contributed by atoms with Gasteiger partial charge in [-0.25, -0.2) is 8.78 Å². The van der Waals surface area contributed by atoms with Crippen molar-refractivity contribution in [3.05, 3.63) is 35.4 Å². The molecule has 1 aliphatic rings. The molecule has 2 unspecified atom stereocenters. The van der Waals surface area contributed by atoms with Crippen molar-refractivity contribution in [2.45, 2.75) is 31.9 Å². The van der Waals surface area contributed by atoms with Crippen LogP contribution in [0, 0.1) is 17.6 Å². The Balaban J connectivity index is 1.89. The second kappa shape index (κ2) is 5.10. The van der Waals surface area contributed by atoms with E-state index in [1.54, 1.807) is 6.07 Å². The minimum atomic E-state index is -0.834. The van der Waals surface area contributed by atoms with Crippen molar-refractivity contribution in [1.29, 1.82) is 0 Å². The van der Waals surface area contributed by atoms with E-state index in [2.05, 4.69) is 5.32 Å². The zero-order chi connectivity index (χ0) is 12.4. The van der Waals surface area contributed by atoms with Gasteiger partial charge in [0.25, 0.3) is 0 Å². The van der Waals surface area contributed by atoms with Crippen LogP contribution in [0.4, 0.5) is 8.78 Å².